The van der Waals surface area contributed by atoms with E-state index < -0.39 is 23.2 Å². The molecule has 0 bridgehead atoms. The summed E-state index contributed by atoms with van der Waals surface area (Å²) < 4.78 is 27.1. The lowest BCUT2D eigenvalue weighted by atomic mass is 10.2. The monoisotopic (exact) mass is 280 g/mol. The molecule has 98 valence electrons. The first-order valence-electron chi connectivity index (χ1n) is 5.47. The molecule has 2 nitrogen and oxygen atoms in total. The molecule has 0 saturated heterocycles. The maximum atomic E-state index is 13.6. The molecule has 5 heteroatoms. The number of aromatic carboxylic acids is 1. The fraction of sp³-hybridized carbons (Fsp3) is 0.0714. The van der Waals surface area contributed by atoms with Crippen LogP contribution in [0.15, 0.2) is 47.4 Å². The van der Waals surface area contributed by atoms with Crippen LogP contribution in [-0.4, -0.2) is 11.1 Å². The Morgan fingerprint density at radius 1 is 1.11 bits per heavy atom. The number of halogens is 2. The number of carboxylic acid groups (broad SMARTS) is 1. The molecule has 2 aromatic carbocycles. The Labute approximate surface area is 113 Å². The van der Waals surface area contributed by atoms with Crippen LogP contribution < -0.4 is 0 Å². The van der Waals surface area contributed by atoms with E-state index in [2.05, 4.69) is 0 Å². The molecule has 0 saturated carbocycles. The van der Waals surface area contributed by atoms with E-state index in [0.29, 0.717) is 11.8 Å². The summed E-state index contributed by atoms with van der Waals surface area (Å²) in [5.41, 5.74) is 0.330. The predicted molar refractivity (Wildman–Crippen MR) is 69.3 cm³/mol. The molecule has 0 spiro atoms. The van der Waals surface area contributed by atoms with Crippen molar-refractivity contribution in [1.82, 2.24) is 0 Å². The van der Waals surface area contributed by atoms with Gasteiger partial charge in [0.05, 0.1) is 5.56 Å². The predicted octanol–water partition coefficient (Wildman–Crippen LogP) is 3.96. The van der Waals surface area contributed by atoms with Crippen LogP contribution in [0, 0.1) is 11.6 Å². The summed E-state index contributed by atoms with van der Waals surface area (Å²) in [4.78, 5) is 10.8. The zero-order valence-corrected chi connectivity index (χ0v) is 10.6. The summed E-state index contributed by atoms with van der Waals surface area (Å²) in [6, 6.07) is 11.0. The highest BCUT2D eigenvalue weighted by atomic mass is 32.2. The van der Waals surface area contributed by atoms with Gasteiger partial charge >= 0.3 is 5.97 Å². The lowest BCUT2D eigenvalue weighted by Crippen LogP contribution is -2.02. The first kappa shape index (κ1) is 13.5. The Kier molecular flexibility index (Phi) is 4.16. The van der Waals surface area contributed by atoms with Crippen LogP contribution in [-0.2, 0) is 5.75 Å². The first-order chi connectivity index (χ1) is 9.08. The summed E-state index contributed by atoms with van der Waals surface area (Å²) in [5, 5.41) is 8.68. The van der Waals surface area contributed by atoms with Gasteiger partial charge in [0, 0.05) is 10.6 Å². The van der Waals surface area contributed by atoms with Crippen LogP contribution in [0.25, 0.3) is 0 Å². The fourth-order valence-corrected chi connectivity index (χ4v) is 2.44. The molecule has 0 radical (unpaired) electrons. The van der Waals surface area contributed by atoms with Crippen molar-refractivity contribution in [3.05, 3.63) is 65.2 Å². The second-order valence-corrected chi connectivity index (χ2v) is 4.86. The van der Waals surface area contributed by atoms with Gasteiger partial charge in [0.2, 0.25) is 0 Å². The molecule has 0 amide bonds. The highest BCUT2D eigenvalue weighted by molar-refractivity contribution is 7.98. The molecule has 2 aromatic rings. The van der Waals surface area contributed by atoms with Crippen LogP contribution in [0.2, 0.25) is 0 Å². The normalized spacial score (nSPS) is 10.4. The SMILES string of the molecule is O=C(O)c1cc(F)c(SCc2ccccc2)cc1F. The van der Waals surface area contributed by atoms with Crippen molar-refractivity contribution in [2.45, 2.75) is 10.6 Å². The quantitative estimate of drug-likeness (QED) is 0.861. The molecule has 1 N–H and O–H groups in total. The third-order valence-electron chi connectivity index (χ3n) is 2.49. The molecule has 0 aliphatic rings. The summed E-state index contributed by atoms with van der Waals surface area (Å²) in [7, 11) is 0. The van der Waals surface area contributed by atoms with Crippen molar-refractivity contribution < 1.29 is 18.7 Å². The van der Waals surface area contributed by atoms with E-state index >= 15 is 0 Å². The zero-order valence-electron chi connectivity index (χ0n) is 9.77. The van der Waals surface area contributed by atoms with Gasteiger partial charge in [0.15, 0.2) is 0 Å². The molecular weight excluding hydrogens is 270 g/mol. The summed E-state index contributed by atoms with van der Waals surface area (Å²) in [5.74, 6) is -2.64. The third-order valence-corrected chi connectivity index (χ3v) is 3.59. The van der Waals surface area contributed by atoms with Crippen molar-refractivity contribution in [2.24, 2.45) is 0 Å². The van der Waals surface area contributed by atoms with Crippen LogP contribution in [0.1, 0.15) is 15.9 Å². The second-order valence-electron chi connectivity index (χ2n) is 3.84. The molecule has 0 unspecified atom stereocenters. The van der Waals surface area contributed by atoms with Gasteiger partial charge in [-0.25, -0.2) is 13.6 Å². The Morgan fingerprint density at radius 3 is 2.42 bits per heavy atom. The van der Waals surface area contributed by atoms with Gasteiger partial charge in [-0.2, -0.15) is 0 Å². The lowest BCUT2D eigenvalue weighted by molar-refractivity contribution is 0.0691. The van der Waals surface area contributed by atoms with Gasteiger partial charge in [-0.1, -0.05) is 30.3 Å². The van der Waals surface area contributed by atoms with E-state index in [1.165, 1.54) is 0 Å². The Balaban J connectivity index is 2.17. The van der Waals surface area contributed by atoms with E-state index in [9.17, 15) is 13.6 Å². The maximum absolute atomic E-state index is 13.6. The average Bonchev–Trinajstić information content (AvgIpc) is 2.40. The second kappa shape index (κ2) is 5.84. The molecule has 0 aromatic heterocycles. The summed E-state index contributed by atoms with van der Waals surface area (Å²) in [6.45, 7) is 0. The highest BCUT2D eigenvalue weighted by Gasteiger charge is 2.15. The maximum Gasteiger partial charge on any atom is 0.338 e. The number of benzene rings is 2. The van der Waals surface area contributed by atoms with E-state index in [4.69, 9.17) is 5.11 Å². The number of carboxylic acids is 1. The van der Waals surface area contributed by atoms with Gasteiger partial charge in [-0.3, -0.25) is 0 Å². The van der Waals surface area contributed by atoms with Gasteiger partial charge in [0.25, 0.3) is 0 Å². The minimum atomic E-state index is -1.48. The van der Waals surface area contributed by atoms with Crippen molar-refractivity contribution in [3.8, 4) is 0 Å². The molecule has 0 aliphatic heterocycles. The standard InChI is InChI=1S/C14H10F2O2S/c15-11-7-13(12(16)6-10(11)14(17)18)19-8-9-4-2-1-3-5-9/h1-7H,8H2,(H,17,18). The highest BCUT2D eigenvalue weighted by Crippen LogP contribution is 2.27. The van der Waals surface area contributed by atoms with Crippen molar-refractivity contribution in [1.29, 1.82) is 0 Å². The molecular formula is C14H10F2O2S. The minimum Gasteiger partial charge on any atom is -0.478 e. The Bertz CT molecular complexity index is 600. The zero-order chi connectivity index (χ0) is 13.8. The van der Waals surface area contributed by atoms with Crippen molar-refractivity contribution in [2.75, 3.05) is 0 Å². The lowest BCUT2D eigenvalue weighted by Gasteiger charge is -2.05. The summed E-state index contributed by atoms with van der Waals surface area (Å²) in [6.07, 6.45) is 0. The number of carbonyl (C=O) groups is 1. The summed E-state index contributed by atoms with van der Waals surface area (Å²) >= 11 is 1.13. The van der Waals surface area contributed by atoms with E-state index in [1.54, 1.807) is 0 Å². The molecule has 0 aliphatic carbocycles. The molecule has 19 heavy (non-hydrogen) atoms. The topological polar surface area (TPSA) is 37.3 Å². The first-order valence-corrected chi connectivity index (χ1v) is 6.45. The van der Waals surface area contributed by atoms with E-state index in [0.717, 1.165) is 23.4 Å². The Morgan fingerprint density at radius 2 is 1.79 bits per heavy atom. The van der Waals surface area contributed by atoms with Gasteiger partial charge in [-0.05, 0) is 17.7 Å². The molecule has 0 fully saturated rings. The van der Waals surface area contributed by atoms with Crippen LogP contribution >= 0.6 is 11.8 Å². The van der Waals surface area contributed by atoms with Crippen molar-refractivity contribution >= 4 is 17.7 Å². The number of rotatable bonds is 4. The van der Waals surface area contributed by atoms with Crippen molar-refractivity contribution in [3.63, 3.8) is 0 Å². The molecule has 0 heterocycles. The smallest absolute Gasteiger partial charge is 0.338 e. The van der Waals surface area contributed by atoms with Gasteiger partial charge < -0.3 is 5.11 Å². The fourth-order valence-electron chi connectivity index (χ4n) is 1.54. The van der Waals surface area contributed by atoms with Gasteiger partial charge in [0.1, 0.15) is 11.6 Å². The third kappa shape index (κ3) is 3.32. The number of hydrogen-bond acceptors (Lipinski definition) is 2. The van der Waals surface area contributed by atoms with E-state index in [-0.39, 0.29) is 4.90 Å². The Hall–Kier alpha value is -1.88. The molecule has 0 atom stereocenters. The van der Waals surface area contributed by atoms with Crippen LogP contribution in [0.3, 0.4) is 0 Å². The van der Waals surface area contributed by atoms with Crippen LogP contribution in [0.5, 0.6) is 0 Å². The minimum absolute atomic E-state index is 0.103. The van der Waals surface area contributed by atoms with Crippen LogP contribution in [0.4, 0.5) is 8.78 Å². The molecule has 2 rings (SSSR count). The average molecular weight is 280 g/mol. The van der Waals surface area contributed by atoms with E-state index in [1.807, 2.05) is 30.3 Å². The number of thioether (sulfide) groups is 1. The largest absolute Gasteiger partial charge is 0.478 e. The van der Waals surface area contributed by atoms with Gasteiger partial charge in [-0.15, -0.1) is 11.8 Å². The number of hydrogen-bond donors (Lipinski definition) is 1.